The van der Waals surface area contributed by atoms with Crippen LogP contribution in [0, 0.1) is 19.8 Å². The second-order valence-corrected chi connectivity index (χ2v) is 8.65. The van der Waals surface area contributed by atoms with Gasteiger partial charge in [-0.15, -0.1) is 0 Å². The number of hydrogen-bond donors (Lipinski definition) is 1. The average molecular weight is 421 g/mol. The van der Waals surface area contributed by atoms with Crippen LogP contribution < -0.4 is 15.1 Å². The number of aryl methyl sites for hydroxylation is 2. The van der Waals surface area contributed by atoms with E-state index in [1.165, 1.54) is 5.69 Å². The van der Waals surface area contributed by atoms with Crippen LogP contribution in [0.2, 0.25) is 0 Å². The third-order valence-corrected chi connectivity index (χ3v) is 6.49. The van der Waals surface area contributed by atoms with E-state index in [1.807, 2.05) is 44.2 Å². The fourth-order valence-corrected chi connectivity index (χ4v) is 4.40. The topological polar surface area (TPSA) is 55.9 Å². The fraction of sp³-hybridized carbons (Fsp3) is 0.440. The van der Waals surface area contributed by atoms with Crippen molar-refractivity contribution in [1.82, 2.24) is 4.90 Å². The number of carbonyl (C=O) groups excluding carboxylic acids is 2. The number of carbonyl (C=O) groups is 2. The van der Waals surface area contributed by atoms with E-state index in [2.05, 4.69) is 34.2 Å². The standard InChI is InChI=1S/C25H32N4O2/c1-4-27-11-13-28(14-12-27)22-9-10-23(19(3)15-22)26-25(31)20-16-24(30)29(17-20)21-7-5-18(2)6-8-21/h5-10,15,20H,4,11-14,16-17H2,1-3H3,(H,26,31). The van der Waals surface area contributed by atoms with Gasteiger partial charge in [-0.05, 0) is 56.3 Å². The third kappa shape index (κ3) is 4.74. The van der Waals surface area contributed by atoms with Crippen LogP contribution in [0.1, 0.15) is 24.5 Å². The number of benzene rings is 2. The maximum Gasteiger partial charge on any atom is 0.229 e. The number of rotatable bonds is 5. The van der Waals surface area contributed by atoms with Crippen molar-refractivity contribution in [3.05, 3.63) is 53.6 Å². The molecule has 2 amide bonds. The van der Waals surface area contributed by atoms with E-state index in [1.54, 1.807) is 4.90 Å². The van der Waals surface area contributed by atoms with E-state index in [0.717, 1.165) is 55.2 Å². The number of hydrogen-bond acceptors (Lipinski definition) is 4. The van der Waals surface area contributed by atoms with Gasteiger partial charge in [0.15, 0.2) is 0 Å². The zero-order valence-corrected chi connectivity index (χ0v) is 18.7. The fourth-order valence-electron chi connectivity index (χ4n) is 4.40. The Kier molecular flexibility index (Phi) is 6.28. The molecule has 2 heterocycles. The Balaban J connectivity index is 1.38. The molecule has 0 radical (unpaired) electrons. The van der Waals surface area contributed by atoms with Gasteiger partial charge < -0.3 is 20.0 Å². The van der Waals surface area contributed by atoms with Gasteiger partial charge in [-0.1, -0.05) is 24.6 Å². The summed E-state index contributed by atoms with van der Waals surface area (Å²) in [5.41, 5.74) is 5.07. The molecule has 2 aliphatic rings. The molecule has 2 aromatic carbocycles. The summed E-state index contributed by atoms with van der Waals surface area (Å²) in [6.45, 7) is 12.0. The van der Waals surface area contributed by atoms with E-state index in [4.69, 9.17) is 0 Å². The van der Waals surface area contributed by atoms with Crippen LogP contribution in [0.3, 0.4) is 0 Å². The Bertz CT molecular complexity index is 948. The van der Waals surface area contributed by atoms with E-state index < -0.39 is 0 Å². The summed E-state index contributed by atoms with van der Waals surface area (Å²) in [5, 5.41) is 3.06. The SMILES string of the molecule is CCN1CCN(c2ccc(NC(=O)C3CC(=O)N(c4ccc(C)cc4)C3)c(C)c2)CC1. The first kappa shape index (κ1) is 21.4. The maximum absolute atomic E-state index is 12.9. The van der Waals surface area contributed by atoms with Crippen molar-refractivity contribution < 1.29 is 9.59 Å². The van der Waals surface area contributed by atoms with Crippen molar-refractivity contribution >= 4 is 28.9 Å². The minimum atomic E-state index is -0.338. The highest BCUT2D eigenvalue weighted by molar-refractivity contribution is 6.03. The summed E-state index contributed by atoms with van der Waals surface area (Å²) in [6, 6.07) is 14.1. The molecule has 1 N–H and O–H groups in total. The van der Waals surface area contributed by atoms with Gasteiger partial charge in [-0.2, -0.15) is 0 Å². The van der Waals surface area contributed by atoms with E-state index in [-0.39, 0.29) is 24.2 Å². The molecule has 6 nitrogen and oxygen atoms in total. The van der Waals surface area contributed by atoms with Gasteiger partial charge in [0.1, 0.15) is 0 Å². The van der Waals surface area contributed by atoms with Gasteiger partial charge in [0, 0.05) is 56.2 Å². The number of nitrogens with zero attached hydrogens (tertiary/aromatic N) is 3. The average Bonchev–Trinajstić information content (AvgIpc) is 3.17. The Morgan fingerprint density at radius 1 is 1.00 bits per heavy atom. The largest absolute Gasteiger partial charge is 0.369 e. The third-order valence-electron chi connectivity index (χ3n) is 6.49. The predicted molar refractivity (Wildman–Crippen MR) is 126 cm³/mol. The lowest BCUT2D eigenvalue weighted by molar-refractivity contribution is -0.122. The molecule has 0 bridgehead atoms. The van der Waals surface area contributed by atoms with Gasteiger partial charge in [-0.3, -0.25) is 9.59 Å². The highest BCUT2D eigenvalue weighted by Crippen LogP contribution is 2.28. The van der Waals surface area contributed by atoms with Crippen LogP contribution in [0.5, 0.6) is 0 Å². The minimum absolute atomic E-state index is 0.00212. The lowest BCUT2D eigenvalue weighted by atomic mass is 10.1. The number of nitrogens with one attached hydrogen (secondary N) is 1. The van der Waals surface area contributed by atoms with Gasteiger partial charge in [0.25, 0.3) is 0 Å². The summed E-state index contributed by atoms with van der Waals surface area (Å²) < 4.78 is 0. The Morgan fingerprint density at radius 2 is 1.68 bits per heavy atom. The second-order valence-electron chi connectivity index (χ2n) is 8.65. The first-order valence-corrected chi connectivity index (χ1v) is 11.2. The zero-order chi connectivity index (χ0) is 22.0. The van der Waals surface area contributed by atoms with Gasteiger partial charge >= 0.3 is 0 Å². The summed E-state index contributed by atoms with van der Waals surface area (Å²) in [4.78, 5) is 32.0. The predicted octanol–water partition coefficient (Wildman–Crippen LogP) is 3.44. The Labute approximate surface area is 184 Å². The molecule has 0 aliphatic carbocycles. The van der Waals surface area contributed by atoms with E-state index in [0.29, 0.717) is 6.54 Å². The lowest BCUT2D eigenvalue weighted by Crippen LogP contribution is -2.46. The monoisotopic (exact) mass is 420 g/mol. The molecule has 2 aliphatic heterocycles. The molecule has 164 valence electrons. The van der Waals surface area contributed by atoms with E-state index >= 15 is 0 Å². The van der Waals surface area contributed by atoms with Gasteiger partial charge in [0.05, 0.1) is 5.92 Å². The van der Waals surface area contributed by atoms with Crippen LogP contribution in [0.15, 0.2) is 42.5 Å². The van der Waals surface area contributed by atoms with Gasteiger partial charge in [0.2, 0.25) is 11.8 Å². The van der Waals surface area contributed by atoms with Crippen LogP contribution in [-0.4, -0.2) is 56.0 Å². The molecular weight excluding hydrogens is 388 g/mol. The van der Waals surface area contributed by atoms with E-state index in [9.17, 15) is 9.59 Å². The highest BCUT2D eigenvalue weighted by atomic mass is 16.2. The van der Waals surface area contributed by atoms with Crippen LogP contribution in [0.4, 0.5) is 17.1 Å². The number of amides is 2. The lowest BCUT2D eigenvalue weighted by Gasteiger charge is -2.35. The van der Waals surface area contributed by atoms with Crippen molar-refractivity contribution in [2.75, 3.05) is 54.4 Å². The van der Waals surface area contributed by atoms with Crippen LogP contribution >= 0.6 is 0 Å². The van der Waals surface area contributed by atoms with Crippen molar-refractivity contribution in [1.29, 1.82) is 0 Å². The van der Waals surface area contributed by atoms with Crippen molar-refractivity contribution in [3.8, 4) is 0 Å². The second kappa shape index (κ2) is 9.10. The van der Waals surface area contributed by atoms with Gasteiger partial charge in [-0.25, -0.2) is 0 Å². The normalized spacial score (nSPS) is 19.7. The summed E-state index contributed by atoms with van der Waals surface area (Å²) in [5.74, 6) is -0.423. The summed E-state index contributed by atoms with van der Waals surface area (Å²) in [6.07, 6.45) is 0.249. The minimum Gasteiger partial charge on any atom is -0.369 e. The smallest absolute Gasteiger partial charge is 0.229 e. The summed E-state index contributed by atoms with van der Waals surface area (Å²) in [7, 11) is 0. The molecule has 1 atom stereocenters. The molecular formula is C25H32N4O2. The number of piperazine rings is 1. The molecule has 31 heavy (non-hydrogen) atoms. The molecule has 4 rings (SSSR count). The molecule has 2 fully saturated rings. The Hall–Kier alpha value is -2.86. The molecule has 0 aromatic heterocycles. The molecule has 1 unspecified atom stereocenters. The van der Waals surface area contributed by atoms with Crippen LogP contribution in [-0.2, 0) is 9.59 Å². The molecule has 0 saturated carbocycles. The van der Waals surface area contributed by atoms with Crippen molar-refractivity contribution in [3.63, 3.8) is 0 Å². The molecule has 0 spiro atoms. The molecule has 6 heteroatoms. The number of anilines is 3. The maximum atomic E-state index is 12.9. The van der Waals surface area contributed by atoms with Crippen LogP contribution in [0.25, 0.3) is 0 Å². The zero-order valence-electron chi connectivity index (χ0n) is 18.7. The molecule has 2 saturated heterocycles. The van der Waals surface area contributed by atoms with Crippen molar-refractivity contribution in [2.45, 2.75) is 27.2 Å². The highest BCUT2D eigenvalue weighted by Gasteiger charge is 2.35. The molecule has 2 aromatic rings. The quantitative estimate of drug-likeness (QED) is 0.805. The summed E-state index contributed by atoms with van der Waals surface area (Å²) >= 11 is 0. The first-order chi connectivity index (χ1) is 14.9. The number of likely N-dealkylation sites (N-methyl/N-ethyl adjacent to an activating group) is 1. The van der Waals surface area contributed by atoms with Crippen molar-refractivity contribution in [2.24, 2.45) is 5.92 Å². The first-order valence-electron chi connectivity index (χ1n) is 11.2. The Morgan fingerprint density at radius 3 is 2.32 bits per heavy atom.